The minimum absolute atomic E-state index is 0.0803. The average Bonchev–Trinajstić information content (AvgIpc) is 2.46. The van der Waals surface area contributed by atoms with E-state index >= 15 is 0 Å². The van der Waals surface area contributed by atoms with Crippen LogP contribution in [0, 0.1) is 6.92 Å². The molecule has 1 saturated heterocycles. The number of rotatable bonds is 4. The van der Waals surface area contributed by atoms with Gasteiger partial charge in [-0.3, -0.25) is 4.79 Å². The third-order valence-corrected chi connectivity index (χ3v) is 3.46. The second-order valence-corrected chi connectivity index (χ2v) is 5.11. The summed E-state index contributed by atoms with van der Waals surface area (Å²) in [7, 11) is 1.85. The fraction of sp³-hybridized carbons (Fsp3) is 0.533. The van der Waals surface area contributed by atoms with Crippen LogP contribution >= 0.6 is 0 Å². The number of carbonyl (C=O) groups excluding carboxylic acids is 1. The van der Waals surface area contributed by atoms with Gasteiger partial charge in [-0.2, -0.15) is 0 Å². The van der Waals surface area contributed by atoms with E-state index in [4.69, 9.17) is 4.74 Å². The molecule has 0 spiro atoms. The average molecular weight is 262 g/mol. The molecule has 1 aromatic carbocycles. The van der Waals surface area contributed by atoms with Crippen LogP contribution in [0.4, 0.5) is 0 Å². The van der Waals surface area contributed by atoms with Crippen molar-refractivity contribution in [2.75, 3.05) is 33.4 Å². The van der Waals surface area contributed by atoms with Gasteiger partial charge in [-0.05, 0) is 25.5 Å². The van der Waals surface area contributed by atoms with Gasteiger partial charge in [-0.15, -0.1) is 0 Å². The van der Waals surface area contributed by atoms with Gasteiger partial charge in [0.1, 0.15) is 0 Å². The van der Waals surface area contributed by atoms with Crippen LogP contribution in [-0.2, 0) is 4.74 Å². The molecule has 0 radical (unpaired) electrons. The third kappa shape index (κ3) is 4.04. The van der Waals surface area contributed by atoms with Gasteiger partial charge in [0.05, 0.1) is 13.2 Å². The van der Waals surface area contributed by atoms with E-state index in [1.807, 2.05) is 38.2 Å². The molecule has 1 atom stereocenters. The highest BCUT2D eigenvalue weighted by Gasteiger charge is 2.16. The summed E-state index contributed by atoms with van der Waals surface area (Å²) in [5.41, 5.74) is 1.92. The Balaban J connectivity index is 1.83. The second kappa shape index (κ2) is 6.68. The predicted molar refractivity (Wildman–Crippen MR) is 75.4 cm³/mol. The standard InChI is InChI=1S/C15H22N2O2/c1-12-3-5-13(6-4-12)15(18)17(2)9-7-14-11-19-10-8-16-14/h3-6,14,16H,7-11H2,1-2H3. The van der Waals surface area contributed by atoms with E-state index in [-0.39, 0.29) is 5.91 Å². The Kier molecular flexibility index (Phi) is 4.93. The van der Waals surface area contributed by atoms with E-state index in [9.17, 15) is 4.79 Å². The van der Waals surface area contributed by atoms with Crippen LogP contribution in [0.25, 0.3) is 0 Å². The van der Waals surface area contributed by atoms with Gasteiger partial charge < -0.3 is 15.0 Å². The molecule has 4 heteroatoms. The molecule has 1 fully saturated rings. The Labute approximate surface area is 114 Å². The van der Waals surface area contributed by atoms with Gasteiger partial charge in [0.15, 0.2) is 0 Å². The Hall–Kier alpha value is -1.39. The number of nitrogens with one attached hydrogen (secondary N) is 1. The minimum atomic E-state index is 0.0803. The van der Waals surface area contributed by atoms with Crippen molar-refractivity contribution >= 4 is 5.91 Å². The van der Waals surface area contributed by atoms with Gasteiger partial charge >= 0.3 is 0 Å². The van der Waals surface area contributed by atoms with Crippen molar-refractivity contribution in [3.05, 3.63) is 35.4 Å². The number of hydrogen-bond donors (Lipinski definition) is 1. The molecule has 1 heterocycles. The lowest BCUT2D eigenvalue weighted by Crippen LogP contribution is -2.43. The first kappa shape index (κ1) is 14.0. The van der Waals surface area contributed by atoms with Gasteiger partial charge in [0, 0.05) is 31.7 Å². The number of carbonyl (C=O) groups is 1. The lowest BCUT2D eigenvalue weighted by Gasteiger charge is -2.26. The quantitative estimate of drug-likeness (QED) is 0.893. The second-order valence-electron chi connectivity index (χ2n) is 5.11. The normalized spacial score (nSPS) is 19.2. The van der Waals surface area contributed by atoms with Crippen LogP contribution in [0.1, 0.15) is 22.3 Å². The molecule has 19 heavy (non-hydrogen) atoms. The molecule has 0 bridgehead atoms. The van der Waals surface area contributed by atoms with Gasteiger partial charge in [-0.25, -0.2) is 0 Å². The summed E-state index contributed by atoms with van der Waals surface area (Å²) in [6, 6.07) is 8.07. The highest BCUT2D eigenvalue weighted by Crippen LogP contribution is 2.07. The van der Waals surface area contributed by atoms with E-state index in [1.54, 1.807) is 4.90 Å². The fourth-order valence-electron chi connectivity index (χ4n) is 2.17. The zero-order chi connectivity index (χ0) is 13.7. The summed E-state index contributed by atoms with van der Waals surface area (Å²) in [5, 5.41) is 3.40. The molecular weight excluding hydrogens is 240 g/mol. The summed E-state index contributed by atoms with van der Waals surface area (Å²) in [5.74, 6) is 0.0803. The van der Waals surface area contributed by atoms with Crippen LogP contribution in [-0.4, -0.2) is 50.2 Å². The maximum absolute atomic E-state index is 12.2. The summed E-state index contributed by atoms with van der Waals surface area (Å²) in [6.07, 6.45) is 0.925. The van der Waals surface area contributed by atoms with Crippen molar-refractivity contribution in [2.45, 2.75) is 19.4 Å². The monoisotopic (exact) mass is 262 g/mol. The molecular formula is C15H22N2O2. The molecule has 1 aliphatic rings. The summed E-state index contributed by atoms with van der Waals surface area (Å²) in [4.78, 5) is 14.0. The number of hydrogen-bond acceptors (Lipinski definition) is 3. The van der Waals surface area contributed by atoms with Crippen molar-refractivity contribution in [1.82, 2.24) is 10.2 Å². The molecule has 1 unspecified atom stereocenters. The smallest absolute Gasteiger partial charge is 0.253 e. The van der Waals surface area contributed by atoms with Crippen molar-refractivity contribution in [1.29, 1.82) is 0 Å². The van der Waals surface area contributed by atoms with Crippen LogP contribution in [0.15, 0.2) is 24.3 Å². The van der Waals surface area contributed by atoms with E-state index < -0.39 is 0 Å². The highest BCUT2D eigenvalue weighted by molar-refractivity contribution is 5.94. The first-order valence-electron chi connectivity index (χ1n) is 6.80. The molecule has 1 N–H and O–H groups in total. The number of amides is 1. The topological polar surface area (TPSA) is 41.6 Å². The van der Waals surface area contributed by atoms with Crippen molar-refractivity contribution in [3.63, 3.8) is 0 Å². The Morgan fingerprint density at radius 2 is 2.16 bits per heavy atom. The number of nitrogens with zero attached hydrogens (tertiary/aromatic N) is 1. The lowest BCUT2D eigenvalue weighted by molar-refractivity contribution is 0.0654. The molecule has 1 aromatic rings. The number of benzene rings is 1. The molecule has 0 aliphatic carbocycles. The Bertz CT molecular complexity index is 411. The van der Waals surface area contributed by atoms with Gasteiger partial charge in [-0.1, -0.05) is 17.7 Å². The zero-order valence-electron chi connectivity index (χ0n) is 11.7. The number of aryl methyl sites for hydroxylation is 1. The van der Waals surface area contributed by atoms with E-state index in [0.717, 1.165) is 38.3 Å². The third-order valence-electron chi connectivity index (χ3n) is 3.46. The van der Waals surface area contributed by atoms with Gasteiger partial charge in [0.2, 0.25) is 0 Å². The number of morpholine rings is 1. The maximum atomic E-state index is 12.2. The Morgan fingerprint density at radius 3 is 2.79 bits per heavy atom. The van der Waals surface area contributed by atoms with Crippen LogP contribution in [0.5, 0.6) is 0 Å². The van der Waals surface area contributed by atoms with Crippen LogP contribution in [0.2, 0.25) is 0 Å². The van der Waals surface area contributed by atoms with Crippen LogP contribution < -0.4 is 5.32 Å². The largest absolute Gasteiger partial charge is 0.379 e. The summed E-state index contributed by atoms with van der Waals surface area (Å²) < 4.78 is 5.41. The highest BCUT2D eigenvalue weighted by atomic mass is 16.5. The number of ether oxygens (including phenoxy) is 1. The molecule has 1 aliphatic heterocycles. The molecule has 0 saturated carbocycles. The van der Waals surface area contributed by atoms with Gasteiger partial charge in [0.25, 0.3) is 5.91 Å². The van der Waals surface area contributed by atoms with E-state index in [2.05, 4.69) is 5.32 Å². The molecule has 2 rings (SSSR count). The van der Waals surface area contributed by atoms with Crippen LogP contribution in [0.3, 0.4) is 0 Å². The van der Waals surface area contributed by atoms with E-state index in [0.29, 0.717) is 6.04 Å². The summed E-state index contributed by atoms with van der Waals surface area (Å²) >= 11 is 0. The zero-order valence-corrected chi connectivity index (χ0v) is 11.7. The van der Waals surface area contributed by atoms with E-state index in [1.165, 1.54) is 5.56 Å². The minimum Gasteiger partial charge on any atom is -0.379 e. The molecule has 4 nitrogen and oxygen atoms in total. The predicted octanol–water partition coefficient (Wildman–Crippen LogP) is 1.45. The van der Waals surface area contributed by atoms with Crippen molar-refractivity contribution < 1.29 is 9.53 Å². The van der Waals surface area contributed by atoms with Crippen molar-refractivity contribution in [2.24, 2.45) is 0 Å². The maximum Gasteiger partial charge on any atom is 0.253 e. The lowest BCUT2D eigenvalue weighted by atomic mass is 10.1. The molecule has 104 valence electrons. The Morgan fingerprint density at radius 1 is 1.42 bits per heavy atom. The van der Waals surface area contributed by atoms with Crippen molar-refractivity contribution in [3.8, 4) is 0 Å². The fourth-order valence-corrected chi connectivity index (χ4v) is 2.17. The molecule has 0 aromatic heterocycles. The first-order valence-corrected chi connectivity index (χ1v) is 6.80. The molecule has 1 amide bonds. The SMILES string of the molecule is Cc1ccc(C(=O)N(C)CCC2COCCN2)cc1. The summed E-state index contributed by atoms with van der Waals surface area (Å²) in [6.45, 7) is 5.20. The first-order chi connectivity index (χ1) is 9.16.